The van der Waals surface area contributed by atoms with Gasteiger partial charge in [-0.25, -0.2) is 13.1 Å². The first-order valence-corrected chi connectivity index (χ1v) is 8.76. The van der Waals surface area contributed by atoms with E-state index in [2.05, 4.69) is 11.6 Å². The molecule has 1 aliphatic rings. The van der Waals surface area contributed by atoms with Gasteiger partial charge in [-0.05, 0) is 48.9 Å². The van der Waals surface area contributed by atoms with E-state index in [4.69, 9.17) is 17.3 Å². The first-order chi connectivity index (χ1) is 9.39. The summed E-state index contributed by atoms with van der Waals surface area (Å²) in [6, 6.07) is 3.28. The first-order valence-electron chi connectivity index (χ1n) is 6.90. The molecule has 0 spiro atoms. The molecule has 4 nitrogen and oxygen atoms in total. The Balaban J connectivity index is 2.24. The molecule has 0 aliphatic heterocycles. The Bertz CT molecular complexity index is 601. The second kappa shape index (κ2) is 6.02. The molecule has 2 atom stereocenters. The molecule has 0 saturated heterocycles. The van der Waals surface area contributed by atoms with Crippen molar-refractivity contribution in [2.45, 2.75) is 50.6 Å². The molecule has 0 heterocycles. The van der Waals surface area contributed by atoms with Crippen LogP contribution in [0.4, 0.5) is 0 Å². The lowest BCUT2D eigenvalue weighted by Gasteiger charge is -2.13. The van der Waals surface area contributed by atoms with E-state index in [1.54, 1.807) is 13.0 Å². The van der Waals surface area contributed by atoms with Crippen LogP contribution in [-0.4, -0.2) is 14.5 Å². The van der Waals surface area contributed by atoms with Crippen molar-refractivity contribution < 1.29 is 8.42 Å². The Hall–Kier alpha value is -0.620. The van der Waals surface area contributed by atoms with E-state index in [0.29, 0.717) is 16.5 Å². The molecule has 3 N–H and O–H groups in total. The van der Waals surface area contributed by atoms with Crippen LogP contribution in [0.25, 0.3) is 0 Å². The highest BCUT2D eigenvalue weighted by Crippen LogP contribution is 2.36. The molecule has 0 aromatic heterocycles. The second-order valence-corrected chi connectivity index (χ2v) is 7.52. The van der Waals surface area contributed by atoms with Gasteiger partial charge < -0.3 is 5.73 Å². The third kappa shape index (κ3) is 3.34. The summed E-state index contributed by atoms with van der Waals surface area (Å²) in [6.45, 7) is 4.15. The predicted molar refractivity (Wildman–Crippen MR) is 81.2 cm³/mol. The standard InChI is InChI=1S/C14H21ClN2O2S/c1-3-4-10-6-13(10)17-20(18,19)14-7-12(15)5-11(8-16)9(14)2/h5,7,10,13,17H,3-4,6,8,16H2,1-2H3. The lowest BCUT2D eigenvalue weighted by Crippen LogP contribution is -2.28. The van der Waals surface area contributed by atoms with E-state index in [0.717, 1.165) is 24.8 Å². The molecule has 20 heavy (non-hydrogen) atoms. The van der Waals surface area contributed by atoms with Gasteiger partial charge in [0.2, 0.25) is 10.0 Å². The van der Waals surface area contributed by atoms with Crippen LogP contribution < -0.4 is 10.5 Å². The number of halogens is 1. The van der Waals surface area contributed by atoms with Crippen molar-refractivity contribution >= 4 is 21.6 Å². The average Bonchev–Trinajstić information content (AvgIpc) is 3.09. The summed E-state index contributed by atoms with van der Waals surface area (Å²) >= 11 is 5.99. The van der Waals surface area contributed by atoms with Gasteiger partial charge in [-0.3, -0.25) is 0 Å². The fraction of sp³-hybridized carbons (Fsp3) is 0.571. The topological polar surface area (TPSA) is 72.2 Å². The highest BCUT2D eigenvalue weighted by atomic mass is 35.5. The maximum atomic E-state index is 12.5. The fourth-order valence-corrected chi connectivity index (χ4v) is 4.48. The minimum absolute atomic E-state index is 0.0691. The Morgan fingerprint density at radius 2 is 2.15 bits per heavy atom. The molecule has 112 valence electrons. The smallest absolute Gasteiger partial charge is 0.241 e. The van der Waals surface area contributed by atoms with Crippen LogP contribution in [0.2, 0.25) is 5.02 Å². The average molecular weight is 317 g/mol. The molecular formula is C14H21ClN2O2S. The zero-order valence-electron chi connectivity index (χ0n) is 11.8. The van der Waals surface area contributed by atoms with Crippen molar-refractivity contribution in [3.8, 4) is 0 Å². The third-order valence-corrected chi connectivity index (χ3v) is 5.66. The van der Waals surface area contributed by atoms with Gasteiger partial charge in [0.1, 0.15) is 0 Å². The van der Waals surface area contributed by atoms with Gasteiger partial charge in [0.05, 0.1) is 4.90 Å². The number of benzene rings is 1. The Kier molecular flexibility index (Phi) is 4.74. The van der Waals surface area contributed by atoms with Gasteiger partial charge in [0.25, 0.3) is 0 Å². The van der Waals surface area contributed by atoms with Crippen LogP contribution in [0.5, 0.6) is 0 Å². The highest BCUT2D eigenvalue weighted by Gasteiger charge is 2.39. The van der Waals surface area contributed by atoms with Crippen molar-refractivity contribution in [1.82, 2.24) is 4.72 Å². The molecule has 6 heteroatoms. The van der Waals surface area contributed by atoms with Crippen LogP contribution in [-0.2, 0) is 16.6 Å². The Labute approximate surface area is 125 Å². The van der Waals surface area contributed by atoms with E-state index < -0.39 is 10.0 Å². The summed E-state index contributed by atoms with van der Waals surface area (Å²) < 4.78 is 27.7. The number of nitrogens with one attached hydrogen (secondary N) is 1. The molecule has 2 rings (SSSR count). The van der Waals surface area contributed by atoms with Crippen LogP contribution >= 0.6 is 11.6 Å². The van der Waals surface area contributed by atoms with Gasteiger partial charge in [0, 0.05) is 17.6 Å². The number of nitrogens with two attached hydrogens (primary N) is 1. The second-order valence-electron chi connectivity index (χ2n) is 5.40. The van der Waals surface area contributed by atoms with Gasteiger partial charge >= 0.3 is 0 Å². The molecule has 1 saturated carbocycles. The summed E-state index contributed by atoms with van der Waals surface area (Å²) in [6.07, 6.45) is 3.07. The van der Waals surface area contributed by atoms with Crippen molar-refractivity contribution in [2.75, 3.05) is 0 Å². The lowest BCUT2D eigenvalue weighted by atomic mass is 10.1. The zero-order chi connectivity index (χ0) is 14.9. The quantitative estimate of drug-likeness (QED) is 0.847. The predicted octanol–water partition coefficient (Wildman–Crippen LogP) is 2.57. The van der Waals surface area contributed by atoms with Crippen molar-refractivity contribution in [3.63, 3.8) is 0 Å². The molecule has 0 amide bonds. The maximum Gasteiger partial charge on any atom is 0.241 e. The van der Waals surface area contributed by atoms with Crippen molar-refractivity contribution in [2.24, 2.45) is 11.7 Å². The largest absolute Gasteiger partial charge is 0.326 e. The number of rotatable bonds is 6. The normalized spacial score (nSPS) is 22.0. The van der Waals surface area contributed by atoms with Crippen molar-refractivity contribution in [1.29, 1.82) is 0 Å². The Morgan fingerprint density at radius 3 is 2.75 bits per heavy atom. The minimum atomic E-state index is -3.52. The van der Waals surface area contributed by atoms with Crippen LogP contribution in [0, 0.1) is 12.8 Å². The molecular weight excluding hydrogens is 296 g/mol. The van der Waals surface area contributed by atoms with Gasteiger partial charge in [-0.2, -0.15) is 0 Å². The summed E-state index contributed by atoms with van der Waals surface area (Å²) in [7, 11) is -3.52. The molecule has 0 bridgehead atoms. The van der Waals surface area contributed by atoms with E-state index >= 15 is 0 Å². The van der Waals surface area contributed by atoms with E-state index in [9.17, 15) is 8.42 Å². The zero-order valence-corrected chi connectivity index (χ0v) is 13.4. The van der Waals surface area contributed by atoms with Crippen LogP contribution in [0.15, 0.2) is 17.0 Å². The monoisotopic (exact) mass is 316 g/mol. The summed E-state index contributed by atoms with van der Waals surface area (Å²) in [5.41, 5.74) is 7.07. The van der Waals surface area contributed by atoms with Gasteiger partial charge in [-0.1, -0.05) is 24.9 Å². The SMILES string of the molecule is CCCC1CC1NS(=O)(=O)c1cc(Cl)cc(CN)c1C. The summed E-state index contributed by atoms with van der Waals surface area (Å²) in [4.78, 5) is 0.243. The van der Waals surface area contributed by atoms with E-state index in [-0.39, 0.29) is 17.5 Å². The van der Waals surface area contributed by atoms with Crippen LogP contribution in [0.3, 0.4) is 0 Å². The highest BCUT2D eigenvalue weighted by molar-refractivity contribution is 7.89. The van der Waals surface area contributed by atoms with E-state index in [1.165, 1.54) is 6.07 Å². The molecule has 1 aliphatic carbocycles. The Morgan fingerprint density at radius 1 is 1.45 bits per heavy atom. The van der Waals surface area contributed by atoms with Gasteiger partial charge in [-0.15, -0.1) is 0 Å². The third-order valence-electron chi connectivity index (χ3n) is 3.83. The van der Waals surface area contributed by atoms with Gasteiger partial charge in [0.15, 0.2) is 0 Å². The molecule has 0 radical (unpaired) electrons. The fourth-order valence-electron chi connectivity index (χ4n) is 2.54. The number of hydrogen-bond donors (Lipinski definition) is 2. The maximum absolute atomic E-state index is 12.5. The lowest BCUT2D eigenvalue weighted by molar-refractivity contribution is 0.572. The summed E-state index contributed by atoms with van der Waals surface area (Å²) in [5.74, 6) is 0.475. The van der Waals surface area contributed by atoms with Crippen LogP contribution in [0.1, 0.15) is 37.3 Å². The molecule has 1 aromatic carbocycles. The number of hydrogen-bond acceptors (Lipinski definition) is 3. The molecule has 2 unspecified atom stereocenters. The minimum Gasteiger partial charge on any atom is -0.326 e. The van der Waals surface area contributed by atoms with Crippen molar-refractivity contribution in [3.05, 3.63) is 28.3 Å². The number of sulfonamides is 1. The molecule has 1 aromatic rings. The first kappa shape index (κ1) is 15.8. The molecule has 1 fully saturated rings. The van der Waals surface area contributed by atoms with E-state index in [1.807, 2.05) is 0 Å². The summed E-state index contributed by atoms with van der Waals surface area (Å²) in [5, 5.41) is 0.400.